The summed E-state index contributed by atoms with van der Waals surface area (Å²) in [5, 5.41) is 25.8. The molecule has 202 valence electrons. The maximum atomic E-state index is 13.1. The van der Waals surface area contributed by atoms with Gasteiger partial charge < -0.3 is 42.6 Å². The molecule has 0 spiro atoms. The van der Waals surface area contributed by atoms with Gasteiger partial charge >= 0.3 is 11.9 Å². The Morgan fingerprint density at radius 1 is 1.00 bits per heavy atom. The smallest absolute Gasteiger partial charge is 0.326 e. The Balaban J connectivity index is 3.01. The molecule has 0 radical (unpaired) electrons. The highest BCUT2D eigenvalue weighted by Crippen LogP contribution is 2.07. The zero-order chi connectivity index (χ0) is 27.1. The summed E-state index contributed by atoms with van der Waals surface area (Å²) in [7, 11) is 0. The number of nitrogens with two attached hydrogens (primary N) is 2. The van der Waals surface area contributed by atoms with Crippen LogP contribution in [0.25, 0.3) is 0 Å². The third kappa shape index (κ3) is 11.5. The molecule has 1 aromatic rings. The van der Waals surface area contributed by atoms with Gasteiger partial charge in [0.2, 0.25) is 17.7 Å². The first-order valence-corrected chi connectivity index (χ1v) is 12.8. The number of H-pyrrole nitrogens is 1. The molecule has 15 heteroatoms. The number of carbonyl (C=O) groups is 5. The van der Waals surface area contributed by atoms with Crippen LogP contribution in [0.5, 0.6) is 0 Å². The summed E-state index contributed by atoms with van der Waals surface area (Å²) in [6.45, 7) is 0.387. The normalized spacial score (nSPS) is 14.2. The lowest BCUT2D eigenvalue weighted by Gasteiger charge is -2.25. The van der Waals surface area contributed by atoms with Gasteiger partial charge in [-0.3, -0.25) is 19.2 Å². The van der Waals surface area contributed by atoms with E-state index in [1.807, 2.05) is 0 Å². The molecule has 0 aliphatic carbocycles. The van der Waals surface area contributed by atoms with Crippen molar-refractivity contribution in [1.29, 1.82) is 0 Å². The first-order valence-electron chi connectivity index (χ1n) is 11.4. The maximum absolute atomic E-state index is 13.1. The minimum absolute atomic E-state index is 0.0194. The highest BCUT2D eigenvalue weighted by molar-refractivity contribution is 7.98. The van der Waals surface area contributed by atoms with Crippen molar-refractivity contribution in [2.45, 2.75) is 62.7 Å². The molecule has 4 unspecified atom stereocenters. The highest BCUT2D eigenvalue weighted by atomic mass is 32.2. The van der Waals surface area contributed by atoms with Crippen molar-refractivity contribution >= 4 is 41.4 Å². The van der Waals surface area contributed by atoms with E-state index in [1.54, 1.807) is 6.26 Å². The van der Waals surface area contributed by atoms with Crippen molar-refractivity contribution in [1.82, 2.24) is 25.9 Å². The molecule has 1 aromatic heterocycles. The van der Waals surface area contributed by atoms with Gasteiger partial charge in [0, 0.05) is 18.3 Å². The lowest BCUT2D eigenvalue weighted by molar-refractivity contribution is -0.142. The minimum atomic E-state index is -1.36. The molecule has 0 saturated carbocycles. The fourth-order valence-electron chi connectivity index (χ4n) is 3.18. The van der Waals surface area contributed by atoms with Gasteiger partial charge in [0.15, 0.2) is 0 Å². The number of hydrogen-bond acceptors (Lipinski definition) is 9. The second-order valence-electron chi connectivity index (χ2n) is 8.07. The molecule has 0 aliphatic heterocycles. The number of hydrogen-bond donors (Lipinski definition) is 8. The van der Waals surface area contributed by atoms with Crippen LogP contribution in [-0.2, 0) is 30.4 Å². The maximum Gasteiger partial charge on any atom is 0.326 e. The Bertz CT molecular complexity index is 869. The first-order chi connectivity index (χ1) is 17.1. The molecule has 10 N–H and O–H groups in total. The third-order valence-electron chi connectivity index (χ3n) is 5.15. The number of aliphatic carboxylic acids is 2. The number of thioether (sulfide) groups is 1. The monoisotopic (exact) mass is 529 g/mol. The topological polar surface area (TPSA) is 243 Å². The van der Waals surface area contributed by atoms with Crippen LogP contribution in [0.15, 0.2) is 12.5 Å². The van der Waals surface area contributed by atoms with Crippen LogP contribution < -0.4 is 27.4 Å². The number of nitrogens with one attached hydrogen (secondary N) is 4. The summed E-state index contributed by atoms with van der Waals surface area (Å²) in [6.07, 6.45) is 5.45. The van der Waals surface area contributed by atoms with Crippen LogP contribution in [0.1, 0.15) is 37.8 Å². The van der Waals surface area contributed by atoms with Crippen LogP contribution in [0.4, 0.5) is 0 Å². The van der Waals surface area contributed by atoms with Crippen molar-refractivity contribution < 1.29 is 34.2 Å². The van der Waals surface area contributed by atoms with E-state index in [9.17, 15) is 29.1 Å². The summed E-state index contributed by atoms with van der Waals surface area (Å²) in [4.78, 5) is 67.6. The van der Waals surface area contributed by atoms with Gasteiger partial charge in [-0.2, -0.15) is 11.8 Å². The van der Waals surface area contributed by atoms with E-state index in [0.29, 0.717) is 30.8 Å². The van der Waals surface area contributed by atoms with E-state index in [-0.39, 0.29) is 19.3 Å². The van der Waals surface area contributed by atoms with Crippen molar-refractivity contribution in [2.75, 3.05) is 18.6 Å². The van der Waals surface area contributed by atoms with Gasteiger partial charge in [0.1, 0.15) is 18.1 Å². The number of rotatable bonds is 18. The molecular formula is C21H35N7O7S. The van der Waals surface area contributed by atoms with Crippen molar-refractivity contribution in [3.05, 3.63) is 18.2 Å². The molecule has 0 fully saturated rings. The minimum Gasteiger partial charge on any atom is -0.481 e. The standard InChI is InChI=1S/C21H35N7O7S/c1-36-7-5-14(26-18(31)13(23)9-17(29)30)19(32)28-16(8-12-10-24-11-25-12)20(33)27-15(21(34)35)4-2-3-6-22/h10-11,13-16H,2-9,22-23H2,1H3,(H,24,25)(H,26,31)(H,27,33)(H,28,32)(H,29,30)(H,34,35). The number of nitrogens with zero attached hydrogens (tertiary/aromatic N) is 1. The van der Waals surface area contributed by atoms with Crippen LogP contribution in [-0.4, -0.2) is 92.6 Å². The molecular weight excluding hydrogens is 494 g/mol. The summed E-state index contributed by atoms with van der Waals surface area (Å²) < 4.78 is 0. The number of amides is 3. The fourth-order valence-corrected chi connectivity index (χ4v) is 3.66. The first kappa shape index (κ1) is 30.9. The Morgan fingerprint density at radius 2 is 1.64 bits per heavy atom. The average Bonchev–Trinajstić information content (AvgIpc) is 3.33. The molecule has 0 bridgehead atoms. The van der Waals surface area contributed by atoms with Gasteiger partial charge in [-0.15, -0.1) is 0 Å². The predicted molar refractivity (Wildman–Crippen MR) is 132 cm³/mol. The van der Waals surface area contributed by atoms with Gasteiger partial charge in [0.25, 0.3) is 0 Å². The number of carbonyl (C=O) groups excluding carboxylic acids is 3. The molecule has 0 aliphatic rings. The predicted octanol–water partition coefficient (Wildman–Crippen LogP) is -1.82. The van der Waals surface area contributed by atoms with Crippen molar-refractivity contribution in [3.8, 4) is 0 Å². The summed E-state index contributed by atoms with van der Waals surface area (Å²) in [6, 6.07) is -4.82. The third-order valence-corrected chi connectivity index (χ3v) is 5.79. The van der Waals surface area contributed by atoms with Gasteiger partial charge in [-0.25, -0.2) is 9.78 Å². The SMILES string of the molecule is CSCCC(NC(=O)C(N)CC(=O)O)C(=O)NC(Cc1cnc[nH]1)C(=O)NC(CCCCN)C(=O)O. The number of aromatic nitrogens is 2. The second-order valence-corrected chi connectivity index (χ2v) is 9.06. The second kappa shape index (κ2) is 16.5. The van der Waals surface area contributed by atoms with Gasteiger partial charge in [0.05, 0.1) is 18.8 Å². The van der Waals surface area contributed by atoms with Gasteiger partial charge in [-0.1, -0.05) is 0 Å². The number of carboxylic acids is 2. The van der Waals surface area contributed by atoms with E-state index in [0.717, 1.165) is 0 Å². The lowest BCUT2D eigenvalue weighted by atomic mass is 10.1. The quantitative estimate of drug-likeness (QED) is 0.0983. The summed E-state index contributed by atoms with van der Waals surface area (Å²) in [5.74, 6) is -4.25. The highest BCUT2D eigenvalue weighted by Gasteiger charge is 2.30. The van der Waals surface area contributed by atoms with E-state index in [2.05, 4.69) is 25.9 Å². The van der Waals surface area contributed by atoms with Crippen molar-refractivity contribution in [3.63, 3.8) is 0 Å². The molecule has 0 aromatic carbocycles. The Kier molecular flexibility index (Phi) is 14.1. The van der Waals surface area contributed by atoms with E-state index in [4.69, 9.17) is 16.6 Å². The Labute approximate surface area is 212 Å². The molecule has 4 atom stereocenters. The van der Waals surface area contributed by atoms with E-state index in [1.165, 1.54) is 24.3 Å². The largest absolute Gasteiger partial charge is 0.481 e. The molecule has 1 rings (SSSR count). The van der Waals surface area contributed by atoms with Crippen LogP contribution >= 0.6 is 11.8 Å². The molecule has 1 heterocycles. The molecule has 14 nitrogen and oxygen atoms in total. The zero-order valence-electron chi connectivity index (χ0n) is 20.1. The summed E-state index contributed by atoms with van der Waals surface area (Å²) >= 11 is 1.42. The average molecular weight is 530 g/mol. The van der Waals surface area contributed by atoms with E-state index < -0.39 is 60.2 Å². The Hall–Kier alpha value is -3.17. The number of carboxylic acid groups (broad SMARTS) is 2. The number of aromatic amines is 1. The molecule has 0 saturated heterocycles. The van der Waals surface area contributed by atoms with Crippen LogP contribution in [0, 0.1) is 0 Å². The van der Waals surface area contributed by atoms with Crippen LogP contribution in [0.2, 0.25) is 0 Å². The van der Waals surface area contributed by atoms with Gasteiger partial charge in [-0.05, 0) is 44.2 Å². The summed E-state index contributed by atoms with van der Waals surface area (Å²) in [5.41, 5.74) is 11.6. The number of imidazole rings is 1. The Morgan fingerprint density at radius 3 is 2.19 bits per heavy atom. The molecule has 36 heavy (non-hydrogen) atoms. The van der Waals surface area contributed by atoms with Crippen molar-refractivity contribution in [2.24, 2.45) is 11.5 Å². The molecule has 3 amide bonds. The number of unbranched alkanes of at least 4 members (excludes halogenated alkanes) is 1. The van der Waals surface area contributed by atoms with Crippen LogP contribution in [0.3, 0.4) is 0 Å². The van der Waals surface area contributed by atoms with E-state index >= 15 is 0 Å². The lowest BCUT2D eigenvalue weighted by Crippen LogP contribution is -2.57. The fraction of sp³-hybridized carbons (Fsp3) is 0.619. The zero-order valence-corrected chi connectivity index (χ0v) is 20.9.